The topological polar surface area (TPSA) is 88.1 Å². The Morgan fingerprint density at radius 3 is 2.58 bits per heavy atom. The van der Waals surface area contributed by atoms with E-state index < -0.39 is 22.9 Å². The fourth-order valence-corrected chi connectivity index (χ4v) is 3.83. The molecule has 0 aliphatic carbocycles. The van der Waals surface area contributed by atoms with Crippen LogP contribution in [0, 0.1) is 0 Å². The predicted octanol–water partition coefficient (Wildman–Crippen LogP) is 4.38. The van der Waals surface area contributed by atoms with Crippen LogP contribution >= 0.6 is 11.6 Å². The number of ketones is 1. The summed E-state index contributed by atoms with van der Waals surface area (Å²) in [5.74, 6) is 0.0857. The Morgan fingerprint density at radius 1 is 1.18 bits per heavy atom. The number of fused-ring (bicyclic) bond motifs is 1. The van der Waals surface area contributed by atoms with Crippen LogP contribution in [0.3, 0.4) is 0 Å². The Labute approximate surface area is 197 Å². The van der Waals surface area contributed by atoms with Gasteiger partial charge in [-0.05, 0) is 56.2 Å². The van der Waals surface area contributed by atoms with Crippen molar-refractivity contribution in [3.63, 3.8) is 0 Å². The van der Waals surface area contributed by atoms with Crippen LogP contribution in [-0.2, 0) is 20.7 Å². The number of benzene rings is 2. The normalized spacial score (nSPS) is 18.0. The molecule has 2 atom stereocenters. The Hall–Kier alpha value is -3.06. The van der Waals surface area contributed by atoms with E-state index in [2.05, 4.69) is 0 Å². The molecule has 7 nitrogen and oxygen atoms in total. The lowest BCUT2D eigenvalue weighted by Gasteiger charge is -2.35. The van der Waals surface area contributed by atoms with E-state index >= 15 is 0 Å². The summed E-state index contributed by atoms with van der Waals surface area (Å²) in [4.78, 5) is 36.1. The molecule has 1 aliphatic rings. The highest BCUT2D eigenvalue weighted by Gasteiger charge is 2.37. The smallest absolute Gasteiger partial charge is 0.337 e. The lowest BCUT2D eigenvalue weighted by molar-refractivity contribution is -0.142. The lowest BCUT2D eigenvalue weighted by Crippen LogP contribution is -2.40. The number of carbonyl (C=O) groups is 3. The van der Waals surface area contributed by atoms with Gasteiger partial charge in [0.1, 0.15) is 22.5 Å². The summed E-state index contributed by atoms with van der Waals surface area (Å²) in [5.41, 5.74) is 0.868. The molecule has 0 spiro atoms. The molecule has 0 N–H and O–H groups in total. The Morgan fingerprint density at radius 2 is 1.91 bits per heavy atom. The second-order valence-corrected chi connectivity index (χ2v) is 8.55. The van der Waals surface area contributed by atoms with Gasteiger partial charge < -0.3 is 18.9 Å². The summed E-state index contributed by atoms with van der Waals surface area (Å²) < 4.78 is 21.6. The number of ether oxygens (including phenoxy) is 4. The van der Waals surface area contributed by atoms with E-state index in [4.69, 9.17) is 30.5 Å². The van der Waals surface area contributed by atoms with Crippen LogP contribution in [0.4, 0.5) is 0 Å². The average Bonchev–Trinajstić information content (AvgIpc) is 2.79. The first-order valence-corrected chi connectivity index (χ1v) is 11.2. The maximum atomic E-state index is 12.7. The molecule has 0 radical (unpaired) electrons. The van der Waals surface area contributed by atoms with Gasteiger partial charge in [0.2, 0.25) is 0 Å². The van der Waals surface area contributed by atoms with E-state index in [1.165, 1.54) is 13.2 Å². The highest BCUT2D eigenvalue weighted by molar-refractivity contribution is 6.30. The fraction of sp³-hybridized carbons (Fsp3) is 0.400. The summed E-state index contributed by atoms with van der Waals surface area (Å²) in [7, 11) is 1.29. The number of hydrogen-bond donors (Lipinski definition) is 0. The van der Waals surface area contributed by atoms with Gasteiger partial charge in [-0.25, -0.2) is 4.79 Å². The van der Waals surface area contributed by atoms with E-state index in [0.29, 0.717) is 48.7 Å². The van der Waals surface area contributed by atoms with Crippen LogP contribution in [0.1, 0.15) is 53.0 Å². The van der Waals surface area contributed by atoms with Gasteiger partial charge in [0.15, 0.2) is 5.78 Å². The Kier molecular flexibility index (Phi) is 7.97. The number of hydrogen-bond acceptors (Lipinski definition) is 7. The first-order valence-electron chi connectivity index (χ1n) is 10.7. The molecule has 0 amide bonds. The highest BCUT2D eigenvalue weighted by Crippen LogP contribution is 2.35. The molecule has 0 fully saturated rings. The van der Waals surface area contributed by atoms with Crippen LogP contribution in [0.15, 0.2) is 42.5 Å². The van der Waals surface area contributed by atoms with Gasteiger partial charge >= 0.3 is 11.9 Å². The van der Waals surface area contributed by atoms with Gasteiger partial charge in [0, 0.05) is 6.42 Å². The lowest BCUT2D eigenvalue weighted by atomic mass is 9.88. The van der Waals surface area contributed by atoms with Gasteiger partial charge in [0.05, 0.1) is 37.9 Å². The van der Waals surface area contributed by atoms with E-state index in [-0.39, 0.29) is 12.2 Å². The van der Waals surface area contributed by atoms with Crippen LogP contribution < -0.4 is 9.47 Å². The molecular formula is C25H27ClO7. The number of halogens is 1. The summed E-state index contributed by atoms with van der Waals surface area (Å²) in [6.45, 7) is 4.25. The van der Waals surface area contributed by atoms with Gasteiger partial charge in [-0.15, -0.1) is 11.6 Å². The van der Waals surface area contributed by atoms with Crippen molar-refractivity contribution in [3.05, 3.63) is 59.2 Å². The minimum absolute atomic E-state index is 0.0916. The third kappa shape index (κ3) is 6.26. The molecule has 33 heavy (non-hydrogen) atoms. The van der Waals surface area contributed by atoms with Crippen molar-refractivity contribution in [2.24, 2.45) is 0 Å². The number of esters is 2. The van der Waals surface area contributed by atoms with Crippen molar-refractivity contribution in [2.45, 2.75) is 44.1 Å². The predicted molar refractivity (Wildman–Crippen MR) is 122 cm³/mol. The van der Waals surface area contributed by atoms with E-state index in [0.717, 1.165) is 5.56 Å². The molecule has 1 aliphatic heterocycles. The fourth-order valence-electron chi connectivity index (χ4n) is 3.59. The van der Waals surface area contributed by atoms with Crippen molar-refractivity contribution in [1.82, 2.24) is 0 Å². The summed E-state index contributed by atoms with van der Waals surface area (Å²) in [6.07, 6.45) is 1.04. The molecule has 3 rings (SSSR count). The number of rotatable bonds is 9. The van der Waals surface area contributed by atoms with Crippen LogP contribution in [0.25, 0.3) is 0 Å². The maximum absolute atomic E-state index is 12.7. The minimum atomic E-state index is -0.732. The quantitative estimate of drug-likeness (QED) is 0.393. The molecule has 2 unspecified atom stereocenters. The highest BCUT2D eigenvalue weighted by atomic mass is 35.5. The molecular weight excluding hydrogens is 448 g/mol. The molecule has 2 aromatic rings. The van der Waals surface area contributed by atoms with Crippen molar-refractivity contribution < 1.29 is 33.3 Å². The van der Waals surface area contributed by atoms with E-state index in [9.17, 15) is 14.4 Å². The molecule has 0 aromatic heterocycles. The zero-order valence-electron chi connectivity index (χ0n) is 18.9. The van der Waals surface area contributed by atoms with Crippen LogP contribution in [0.2, 0.25) is 0 Å². The monoisotopic (exact) mass is 474 g/mol. The zero-order valence-corrected chi connectivity index (χ0v) is 19.6. The Bertz CT molecular complexity index is 1020. The second kappa shape index (κ2) is 10.7. The number of methoxy groups -OCH3 is 1. The molecule has 0 saturated heterocycles. The number of alkyl halides is 1. The summed E-state index contributed by atoms with van der Waals surface area (Å²) in [6, 6.07) is 12.0. The molecule has 1 heterocycles. The third-order valence-electron chi connectivity index (χ3n) is 5.37. The van der Waals surface area contributed by atoms with Crippen molar-refractivity contribution in [2.75, 3.05) is 20.3 Å². The van der Waals surface area contributed by atoms with E-state index in [1.807, 2.05) is 31.2 Å². The van der Waals surface area contributed by atoms with Crippen LogP contribution in [0.5, 0.6) is 11.5 Å². The first kappa shape index (κ1) is 24.6. The first-order chi connectivity index (χ1) is 15.7. The standard InChI is InChI=1S/C25H27ClO7/c1-4-31-24(29)20(26)13-16-5-8-18(9-6-16)32-12-11-25(2)15-21(27)19-14-17(23(28)30-3)7-10-22(19)33-25/h5-10,14,20H,4,11-13,15H2,1-3H3. The number of Topliss-reactive ketones (excluding diaryl/α,β-unsaturated/α-hetero) is 1. The van der Waals surface area contributed by atoms with Gasteiger partial charge in [-0.2, -0.15) is 0 Å². The largest absolute Gasteiger partial charge is 0.493 e. The molecule has 8 heteroatoms. The molecule has 0 bridgehead atoms. The van der Waals surface area contributed by atoms with Crippen molar-refractivity contribution in [3.8, 4) is 11.5 Å². The third-order valence-corrected chi connectivity index (χ3v) is 5.70. The van der Waals surface area contributed by atoms with Crippen molar-refractivity contribution in [1.29, 1.82) is 0 Å². The van der Waals surface area contributed by atoms with Crippen molar-refractivity contribution >= 4 is 29.3 Å². The van der Waals surface area contributed by atoms with Gasteiger partial charge in [0.25, 0.3) is 0 Å². The molecule has 2 aromatic carbocycles. The number of carbonyl (C=O) groups excluding carboxylic acids is 3. The molecule has 0 saturated carbocycles. The zero-order chi connectivity index (χ0) is 24.0. The minimum Gasteiger partial charge on any atom is -0.493 e. The SMILES string of the molecule is CCOC(=O)C(Cl)Cc1ccc(OCCC2(C)CC(=O)c3cc(C(=O)OC)ccc3O2)cc1. The van der Waals surface area contributed by atoms with Gasteiger partial charge in [-0.1, -0.05) is 12.1 Å². The maximum Gasteiger partial charge on any atom is 0.337 e. The summed E-state index contributed by atoms with van der Waals surface area (Å²) in [5, 5.41) is -0.732. The molecule has 176 valence electrons. The second-order valence-electron chi connectivity index (χ2n) is 8.02. The summed E-state index contributed by atoms with van der Waals surface area (Å²) >= 11 is 6.08. The average molecular weight is 475 g/mol. The van der Waals surface area contributed by atoms with Crippen LogP contribution in [-0.4, -0.2) is 49.0 Å². The Balaban J connectivity index is 1.55. The van der Waals surface area contributed by atoms with E-state index in [1.54, 1.807) is 19.1 Å². The van der Waals surface area contributed by atoms with Gasteiger partial charge in [-0.3, -0.25) is 9.59 Å².